The number of ether oxygens (including phenoxy) is 2. The molecule has 0 aromatic heterocycles. The van der Waals surface area contributed by atoms with Gasteiger partial charge >= 0.3 is 17.7 Å². The number of rotatable bonds is 7. The Kier molecular flexibility index (Phi) is 6.24. The zero-order valence-electron chi connectivity index (χ0n) is 11.0. The maximum atomic E-state index is 11.7. The van der Waals surface area contributed by atoms with Gasteiger partial charge in [0.05, 0.1) is 0 Å². The number of Topliss-reactive ketones (excluding diaryl/α,β-unsaturated/α-hetero) is 1. The topological polar surface area (TPSA) is 106 Å². The highest BCUT2D eigenvalue weighted by molar-refractivity contribution is 6.60. The van der Waals surface area contributed by atoms with Crippen molar-refractivity contribution in [3.8, 4) is 0 Å². The normalized spacial score (nSPS) is 9.14. The van der Waals surface area contributed by atoms with Crippen LogP contribution in [0.4, 0.5) is 0 Å². The zero-order valence-corrected chi connectivity index (χ0v) is 11.0. The zero-order chi connectivity index (χ0) is 15.7. The lowest BCUT2D eigenvalue weighted by Gasteiger charge is -2.02. The van der Waals surface area contributed by atoms with Crippen molar-refractivity contribution < 1.29 is 28.6 Å². The fourth-order valence-electron chi connectivity index (χ4n) is 1.27. The first-order chi connectivity index (χ1) is 10.1. The Morgan fingerprint density at radius 1 is 1.14 bits per heavy atom. The smallest absolute Gasteiger partial charge is 0.452 e. The molecule has 0 unspecified atom stereocenters. The largest absolute Gasteiger partial charge is 0.482 e. The number of benzene rings is 1. The molecule has 1 aromatic carbocycles. The fraction of sp³-hybridized carbons (Fsp3) is 0.143. The lowest BCUT2D eigenvalue weighted by Crippen LogP contribution is -2.30. The first-order valence-electron chi connectivity index (χ1n) is 5.85. The van der Waals surface area contributed by atoms with Crippen LogP contribution in [0.15, 0.2) is 43.0 Å². The van der Waals surface area contributed by atoms with Crippen LogP contribution in [0.2, 0.25) is 0 Å². The molecule has 0 fully saturated rings. The Hall–Kier alpha value is -3.05. The highest BCUT2D eigenvalue weighted by atomic mass is 16.6. The van der Waals surface area contributed by atoms with Crippen LogP contribution < -0.4 is 0 Å². The highest BCUT2D eigenvalue weighted by Gasteiger charge is 2.33. The molecule has 21 heavy (non-hydrogen) atoms. The average Bonchev–Trinajstić information content (AvgIpc) is 2.52. The molecular weight excluding hydrogens is 276 g/mol. The summed E-state index contributed by atoms with van der Waals surface area (Å²) in [5.74, 6) is -2.88. The molecule has 0 aliphatic rings. The maximum absolute atomic E-state index is 11.7. The second kappa shape index (κ2) is 8.19. The molecule has 0 aliphatic heterocycles. The number of carbonyl (C=O) groups excluding carboxylic acids is 3. The van der Waals surface area contributed by atoms with Gasteiger partial charge in [-0.15, -0.1) is 0 Å². The molecule has 7 heteroatoms. The molecule has 0 bridgehead atoms. The van der Waals surface area contributed by atoms with Gasteiger partial charge in [0.25, 0.3) is 0 Å². The van der Waals surface area contributed by atoms with Crippen molar-refractivity contribution in [2.45, 2.75) is 0 Å². The van der Waals surface area contributed by atoms with Gasteiger partial charge in [-0.1, -0.05) is 43.0 Å². The molecule has 108 valence electrons. The average molecular weight is 288 g/mol. The third kappa shape index (κ3) is 4.85. The summed E-state index contributed by atoms with van der Waals surface area (Å²) in [5, 5.41) is 0. The van der Waals surface area contributed by atoms with Gasteiger partial charge < -0.3 is 15.0 Å². The van der Waals surface area contributed by atoms with Crippen LogP contribution in [0.3, 0.4) is 0 Å². The van der Waals surface area contributed by atoms with Crippen molar-refractivity contribution in [2.24, 2.45) is 0 Å². The first kappa shape index (κ1) is 16.0. The molecule has 1 rings (SSSR count). The molecule has 0 saturated heterocycles. The molecule has 1 aromatic rings. The number of esters is 2. The summed E-state index contributed by atoms with van der Waals surface area (Å²) in [6.07, 6.45) is 1.27. The van der Waals surface area contributed by atoms with E-state index in [1.807, 2.05) is 0 Å². The van der Waals surface area contributed by atoms with E-state index in [1.165, 1.54) is 6.08 Å². The van der Waals surface area contributed by atoms with E-state index in [2.05, 4.69) is 20.8 Å². The van der Waals surface area contributed by atoms with Gasteiger partial charge in [0.1, 0.15) is 6.61 Å². The van der Waals surface area contributed by atoms with Gasteiger partial charge in [-0.25, -0.2) is 9.59 Å². The molecule has 0 saturated carbocycles. The monoisotopic (exact) mass is 288 g/mol. The van der Waals surface area contributed by atoms with Gasteiger partial charge in [-0.2, -0.15) is 4.79 Å². The summed E-state index contributed by atoms with van der Waals surface area (Å²) >= 11 is 0. The van der Waals surface area contributed by atoms with Crippen LogP contribution >= 0.6 is 0 Å². The number of hydrogen-bond donors (Lipinski definition) is 0. The van der Waals surface area contributed by atoms with E-state index in [-0.39, 0.29) is 6.61 Å². The third-order valence-corrected chi connectivity index (χ3v) is 2.25. The van der Waals surface area contributed by atoms with E-state index in [0.29, 0.717) is 5.56 Å². The molecule has 0 spiro atoms. The van der Waals surface area contributed by atoms with Crippen molar-refractivity contribution in [3.05, 3.63) is 54.1 Å². The van der Waals surface area contributed by atoms with Gasteiger partial charge in [0.2, 0.25) is 0 Å². The summed E-state index contributed by atoms with van der Waals surface area (Å²) in [7, 11) is 0. The van der Waals surface area contributed by atoms with Crippen molar-refractivity contribution in [1.29, 1.82) is 0 Å². The quantitative estimate of drug-likeness (QED) is 0.140. The summed E-state index contributed by atoms with van der Waals surface area (Å²) < 4.78 is 9.13. The van der Waals surface area contributed by atoms with Crippen LogP contribution in [0.5, 0.6) is 0 Å². The Balaban J connectivity index is 2.60. The number of hydrogen-bond acceptors (Lipinski definition) is 5. The molecule has 0 N–H and O–H groups in total. The standard InChI is InChI=1S/C14H12N2O5/c1-2-8-20-13(18)12(16-15)14(19)21-9-11(17)10-6-4-3-5-7-10/h2-7H,1,8-9H2. The Labute approximate surface area is 120 Å². The fourth-order valence-corrected chi connectivity index (χ4v) is 1.27. The Morgan fingerprint density at radius 2 is 1.76 bits per heavy atom. The van der Waals surface area contributed by atoms with E-state index in [1.54, 1.807) is 30.3 Å². The van der Waals surface area contributed by atoms with Crippen LogP contribution in [0.25, 0.3) is 5.53 Å². The SMILES string of the molecule is C=CCOC(=O)C(=[N+]=[N-])C(=O)OCC(=O)c1ccccc1. The van der Waals surface area contributed by atoms with Crippen LogP contribution in [0.1, 0.15) is 10.4 Å². The van der Waals surface area contributed by atoms with Gasteiger partial charge in [0.15, 0.2) is 12.4 Å². The Bertz CT molecular complexity index is 603. The molecule has 0 amide bonds. The maximum Gasteiger partial charge on any atom is 0.482 e. The minimum atomic E-state index is -1.25. The van der Waals surface area contributed by atoms with E-state index in [4.69, 9.17) is 5.53 Å². The number of carbonyl (C=O) groups is 3. The van der Waals surface area contributed by atoms with Crippen molar-refractivity contribution in [3.63, 3.8) is 0 Å². The van der Waals surface area contributed by atoms with Crippen molar-refractivity contribution in [1.82, 2.24) is 0 Å². The van der Waals surface area contributed by atoms with Gasteiger partial charge in [-0.05, 0) is 0 Å². The minimum Gasteiger partial charge on any atom is -0.452 e. The summed E-state index contributed by atoms with van der Waals surface area (Å²) in [4.78, 5) is 37.1. The van der Waals surface area contributed by atoms with Crippen molar-refractivity contribution >= 4 is 23.4 Å². The molecule has 0 atom stereocenters. The molecule has 0 radical (unpaired) electrons. The molecule has 7 nitrogen and oxygen atoms in total. The van der Waals surface area contributed by atoms with Crippen molar-refractivity contribution in [2.75, 3.05) is 13.2 Å². The van der Waals surface area contributed by atoms with Gasteiger partial charge in [-0.3, -0.25) is 4.79 Å². The van der Waals surface area contributed by atoms with E-state index in [0.717, 1.165) is 0 Å². The van der Waals surface area contributed by atoms with Gasteiger partial charge in [0, 0.05) is 5.56 Å². The minimum absolute atomic E-state index is 0.159. The van der Waals surface area contributed by atoms with E-state index >= 15 is 0 Å². The number of nitrogens with zero attached hydrogens (tertiary/aromatic N) is 2. The van der Waals surface area contributed by atoms with E-state index < -0.39 is 30.0 Å². The predicted molar refractivity (Wildman–Crippen MR) is 71.5 cm³/mol. The Morgan fingerprint density at radius 3 is 2.33 bits per heavy atom. The lowest BCUT2D eigenvalue weighted by atomic mass is 10.1. The summed E-state index contributed by atoms with van der Waals surface area (Å²) in [5.41, 5.74) is 8.03. The molecule has 0 heterocycles. The second-order valence-electron chi connectivity index (χ2n) is 3.70. The predicted octanol–water partition coefficient (Wildman–Crippen LogP) is 0.812. The number of ketones is 1. The van der Waals surface area contributed by atoms with Crippen LogP contribution in [-0.4, -0.2) is 41.4 Å². The summed E-state index contributed by atoms with van der Waals surface area (Å²) in [6, 6.07) is 8.14. The third-order valence-electron chi connectivity index (χ3n) is 2.25. The van der Waals surface area contributed by atoms with E-state index in [9.17, 15) is 14.4 Å². The summed E-state index contributed by atoms with van der Waals surface area (Å²) in [6.45, 7) is 2.57. The highest BCUT2D eigenvalue weighted by Crippen LogP contribution is 2.00. The first-order valence-corrected chi connectivity index (χ1v) is 5.85. The molecule has 0 aliphatic carbocycles. The van der Waals surface area contributed by atoms with Crippen LogP contribution in [-0.2, 0) is 19.1 Å². The molecular formula is C14H12N2O5. The lowest BCUT2D eigenvalue weighted by molar-refractivity contribution is -0.148. The van der Waals surface area contributed by atoms with Crippen LogP contribution in [0, 0.1) is 0 Å². The second-order valence-corrected chi connectivity index (χ2v) is 3.70.